The zero-order chi connectivity index (χ0) is 25.8. The van der Waals surface area contributed by atoms with Gasteiger partial charge in [-0.05, 0) is 69.9 Å². The topological polar surface area (TPSA) is 97.0 Å². The van der Waals surface area contributed by atoms with E-state index in [1.807, 2.05) is 37.3 Å². The van der Waals surface area contributed by atoms with Gasteiger partial charge in [0.1, 0.15) is 23.4 Å². The van der Waals surface area contributed by atoms with E-state index in [1.165, 1.54) is 0 Å². The second-order valence-electron chi connectivity index (χ2n) is 9.92. The molecule has 188 valence electrons. The molecule has 0 radical (unpaired) electrons. The van der Waals surface area contributed by atoms with Gasteiger partial charge in [-0.3, -0.25) is 9.59 Å². The molecule has 4 unspecified atom stereocenters. The molecule has 1 saturated carbocycles. The van der Waals surface area contributed by atoms with E-state index in [4.69, 9.17) is 9.47 Å². The van der Waals surface area contributed by atoms with E-state index in [9.17, 15) is 14.4 Å². The van der Waals surface area contributed by atoms with Crippen LogP contribution in [0.25, 0.3) is 0 Å². The summed E-state index contributed by atoms with van der Waals surface area (Å²) in [7, 11) is 1.58. The average Bonchev–Trinajstić information content (AvgIpc) is 3.52. The molecule has 8 nitrogen and oxygen atoms in total. The molecule has 0 spiro atoms. The molecule has 0 bridgehead atoms. The Morgan fingerprint density at radius 2 is 1.63 bits per heavy atom. The van der Waals surface area contributed by atoms with Crippen molar-refractivity contribution in [2.24, 2.45) is 5.92 Å². The van der Waals surface area contributed by atoms with Crippen molar-refractivity contribution in [1.82, 2.24) is 10.2 Å². The molecule has 1 fully saturated rings. The Kier molecular flexibility index (Phi) is 8.04. The summed E-state index contributed by atoms with van der Waals surface area (Å²) in [6, 6.07) is 14.3. The van der Waals surface area contributed by atoms with Gasteiger partial charge in [-0.2, -0.15) is 0 Å². The summed E-state index contributed by atoms with van der Waals surface area (Å²) < 4.78 is 10.5. The molecule has 8 heteroatoms. The number of ether oxygens (including phenoxy) is 2. The lowest BCUT2D eigenvalue weighted by Gasteiger charge is -2.34. The maximum atomic E-state index is 13.7. The van der Waals surface area contributed by atoms with Crippen LogP contribution in [0.5, 0.6) is 5.75 Å². The van der Waals surface area contributed by atoms with Gasteiger partial charge in [0, 0.05) is 11.7 Å². The van der Waals surface area contributed by atoms with E-state index >= 15 is 0 Å². The van der Waals surface area contributed by atoms with Gasteiger partial charge in [0.15, 0.2) is 0 Å². The Labute approximate surface area is 207 Å². The van der Waals surface area contributed by atoms with Crippen molar-refractivity contribution in [2.45, 2.75) is 64.8 Å². The van der Waals surface area contributed by atoms with Gasteiger partial charge in [0.05, 0.1) is 7.11 Å². The number of alkyl carbamates (subject to hydrolysis) is 1. The fourth-order valence-electron chi connectivity index (χ4n) is 3.90. The van der Waals surface area contributed by atoms with Gasteiger partial charge >= 0.3 is 6.09 Å². The minimum atomic E-state index is -0.877. The minimum absolute atomic E-state index is 0.114. The van der Waals surface area contributed by atoms with E-state index in [-0.39, 0.29) is 23.8 Å². The standard InChI is InChI=1S/C27H35N3O5/c1-17-16-22(17)30(25(32)18(2)28-26(33)35-27(3,4)5)23(19-10-8-7-9-11-19)24(31)29-20-12-14-21(34-6)15-13-20/h7-15,17-18,22-23H,16H2,1-6H3,(H,28,33)(H,29,31). The zero-order valence-electron chi connectivity index (χ0n) is 21.2. The molecular formula is C27H35N3O5. The molecule has 0 saturated heterocycles. The highest BCUT2D eigenvalue weighted by Crippen LogP contribution is 2.41. The first kappa shape index (κ1) is 26.1. The van der Waals surface area contributed by atoms with Gasteiger partial charge < -0.3 is 25.0 Å². The van der Waals surface area contributed by atoms with Gasteiger partial charge in [0.2, 0.25) is 5.91 Å². The van der Waals surface area contributed by atoms with Crippen LogP contribution >= 0.6 is 0 Å². The number of hydrogen-bond donors (Lipinski definition) is 2. The first-order chi connectivity index (χ1) is 16.5. The Hall–Kier alpha value is -3.55. The molecule has 0 aliphatic heterocycles. The predicted molar refractivity (Wildman–Crippen MR) is 134 cm³/mol. The molecular weight excluding hydrogens is 446 g/mol. The highest BCUT2D eigenvalue weighted by molar-refractivity contribution is 5.99. The number of amides is 3. The van der Waals surface area contributed by atoms with Gasteiger partial charge in [-0.15, -0.1) is 0 Å². The van der Waals surface area contributed by atoms with Crippen LogP contribution < -0.4 is 15.4 Å². The third-order valence-corrected chi connectivity index (χ3v) is 5.78. The number of carbonyl (C=O) groups excluding carboxylic acids is 3. The number of rotatable bonds is 8. The monoisotopic (exact) mass is 481 g/mol. The first-order valence-corrected chi connectivity index (χ1v) is 11.8. The maximum absolute atomic E-state index is 13.7. The smallest absolute Gasteiger partial charge is 0.408 e. The van der Waals surface area contributed by atoms with Crippen molar-refractivity contribution < 1.29 is 23.9 Å². The molecule has 0 heterocycles. The Morgan fingerprint density at radius 1 is 1.03 bits per heavy atom. The van der Waals surface area contributed by atoms with E-state index in [2.05, 4.69) is 10.6 Å². The molecule has 3 amide bonds. The predicted octanol–water partition coefficient (Wildman–Crippen LogP) is 4.53. The second kappa shape index (κ2) is 10.8. The zero-order valence-corrected chi connectivity index (χ0v) is 21.2. The van der Waals surface area contributed by atoms with Crippen LogP contribution in [0, 0.1) is 5.92 Å². The molecule has 1 aliphatic rings. The van der Waals surface area contributed by atoms with E-state index in [1.54, 1.807) is 64.0 Å². The number of hydrogen-bond acceptors (Lipinski definition) is 5. The summed E-state index contributed by atoms with van der Waals surface area (Å²) in [6.45, 7) is 8.92. The van der Waals surface area contributed by atoms with Gasteiger partial charge in [-0.25, -0.2) is 4.79 Å². The summed E-state index contributed by atoms with van der Waals surface area (Å²) >= 11 is 0. The summed E-state index contributed by atoms with van der Waals surface area (Å²) in [5.41, 5.74) is 0.589. The van der Waals surface area contributed by atoms with Crippen LogP contribution in [-0.2, 0) is 14.3 Å². The number of anilines is 1. The quantitative estimate of drug-likeness (QED) is 0.578. The number of nitrogens with zero attached hydrogens (tertiary/aromatic N) is 1. The Morgan fingerprint density at radius 3 is 2.14 bits per heavy atom. The molecule has 3 rings (SSSR count). The van der Waals surface area contributed by atoms with Gasteiger partial charge in [0.25, 0.3) is 5.91 Å². The molecule has 2 aromatic rings. The molecule has 4 atom stereocenters. The highest BCUT2D eigenvalue weighted by Gasteiger charge is 2.47. The maximum Gasteiger partial charge on any atom is 0.408 e. The third kappa shape index (κ3) is 6.97. The fraction of sp³-hybridized carbons (Fsp3) is 0.444. The van der Waals surface area contributed by atoms with Crippen molar-refractivity contribution in [3.05, 3.63) is 60.2 Å². The van der Waals surface area contributed by atoms with Crippen molar-refractivity contribution in [2.75, 3.05) is 12.4 Å². The lowest BCUT2D eigenvalue weighted by molar-refractivity contribution is -0.141. The molecule has 35 heavy (non-hydrogen) atoms. The minimum Gasteiger partial charge on any atom is -0.497 e. The number of methoxy groups -OCH3 is 1. The van der Waals surface area contributed by atoms with Crippen molar-refractivity contribution in [3.63, 3.8) is 0 Å². The van der Waals surface area contributed by atoms with Crippen molar-refractivity contribution >= 4 is 23.6 Å². The van der Waals surface area contributed by atoms with E-state index in [0.717, 1.165) is 6.42 Å². The normalized spacial score (nSPS) is 18.6. The fourth-order valence-corrected chi connectivity index (χ4v) is 3.90. The number of nitrogens with one attached hydrogen (secondary N) is 2. The van der Waals surface area contributed by atoms with Gasteiger partial charge in [-0.1, -0.05) is 37.3 Å². The largest absolute Gasteiger partial charge is 0.497 e. The highest BCUT2D eigenvalue weighted by atomic mass is 16.6. The molecule has 2 aromatic carbocycles. The van der Waals surface area contributed by atoms with Crippen LogP contribution in [0.15, 0.2) is 54.6 Å². The van der Waals surface area contributed by atoms with Crippen LogP contribution in [0.1, 0.15) is 52.6 Å². The number of carbonyl (C=O) groups is 3. The lowest BCUT2D eigenvalue weighted by atomic mass is 10.0. The molecule has 1 aliphatic carbocycles. The molecule has 0 aromatic heterocycles. The Balaban J connectivity index is 1.89. The van der Waals surface area contributed by atoms with Crippen LogP contribution in [-0.4, -0.2) is 47.6 Å². The van der Waals surface area contributed by atoms with Crippen LogP contribution in [0.4, 0.5) is 10.5 Å². The van der Waals surface area contributed by atoms with Crippen molar-refractivity contribution in [1.29, 1.82) is 0 Å². The van der Waals surface area contributed by atoms with E-state index < -0.39 is 23.8 Å². The lowest BCUT2D eigenvalue weighted by Crippen LogP contribution is -2.52. The SMILES string of the molecule is COc1ccc(NC(=O)C(c2ccccc2)N(C(=O)C(C)NC(=O)OC(C)(C)C)C2CC2C)cc1. The first-order valence-electron chi connectivity index (χ1n) is 11.8. The summed E-state index contributed by atoms with van der Waals surface area (Å²) in [4.78, 5) is 41.3. The van der Waals surface area contributed by atoms with E-state index in [0.29, 0.717) is 17.0 Å². The third-order valence-electron chi connectivity index (χ3n) is 5.78. The summed E-state index contributed by atoms with van der Waals surface area (Å²) in [6.07, 6.45) is 0.102. The Bertz CT molecular complexity index is 1030. The molecule has 2 N–H and O–H groups in total. The van der Waals surface area contributed by atoms with Crippen molar-refractivity contribution in [3.8, 4) is 5.75 Å². The number of benzene rings is 2. The summed E-state index contributed by atoms with van der Waals surface area (Å²) in [5.74, 6) is 0.239. The summed E-state index contributed by atoms with van der Waals surface area (Å²) in [5, 5.41) is 5.56. The second-order valence-corrected chi connectivity index (χ2v) is 9.92. The average molecular weight is 482 g/mol. The van der Waals surface area contributed by atoms with Crippen LogP contribution in [0.3, 0.4) is 0 Å². The van der Waals surface area contributed by atoms with Crippen LogP contribution in [0.2, 0.25) is 0 Å².